The van der Waals surface area contributed by atoms with E-state index >= 15 is 0 Å². The molecule has 0 aromatic carbocycles. The summed E-state index contributed by atoms with van der Waals surface area (Å²) in [6, 6.07) is -0.812. The third-order valence-corrected chi connectivity index (χ3v) is 5.89. The van der Waals surface area contributed by atoms with E-state index in [1.807, 2.05) is 0 Å². The first-order valence-corrected chi connectivity index (χ1v) is 9.15. The van der Waals surface area contributed by atoms with Crippen LogP contribution in [-0.4, -0.2) is 63.9 Å². The molecule has 2 aliphatic rings. The summed E-state index contributed by atoms with van der Waals surface area (Å²) in [7, 11) is -1.93. The van der Waals surface area contributed by atoms with Crippen LogP contribution in [0.15, 0.2) is 0 Å². The zero-order valence-corrected chi connectivity index (χ0v) is 13.3. The van der Waals surface area contributed by atoms with Crippen molar-refractivity contribution in [2.24, 2.45) is 11.7 Å². The van der Waals surface area contributed by atoms with Gasteiger partial charge in [-0.2, -0.15) is 0 Å². The van der Waals surface area contributed by atoms with Gasteiger partial charge in [0.05, 0.1) is 11.8 Å². The smallest absolute Gasteiger partial charge is 0.240 e. The number of hydrogen-bond acceptors (Lipinski definition) is 5. The van der Waals surface area contributed by atoms with Crippen molar-refractivity contribution in [3.8, 4) is 0 Å². The average molecular weight is 319 g/mol. The van der Waals surface area contributed by atoms with Crippen molar-refractivity contribution in [1.82, 2.24) is 9.62 Å². The molecule has 2 atom stereocenters. The predicted octanol–water partition coefficient (Wildman–Crippen LogP) is -0.719. The van der Waals surface area contributed by atoms with Gasteiger partial charge in [-0.3, -0.25) is 4.79 Å². The molecule has 122 valence electrons. The lowest BCUT2D eigenvalue weighted by atomic mass is 9.91. The lowest BCUT2D eigenvalue weighted by molar-refractivity contribution is -0.135. The molecule has 2 saturated heterocycles. The average Bonchev–Trinajstić information content (AvgIpc) is 2.94. The number of sulfonamides is 1. The minimum Gasteiger partial charge on any atom is -0.381 e. The molecule has 0 spiro atoms. The Morgan fingerprint density at radius 3 is 2.67 bits per heavy atom. The van der Waals surface area contributed by atoms with E-state index in [0.717, 1.165) is 19.3 Å². The van der Waals surface area contributed by atoms with E-state index in [4.69, 9.17) is 10.5 Å². The lowest BCUT2D eigenvalue weighted by Gasteiger charge is -2.32. The molecule has 0 saturated carbocycles. The number of nitrogens with one attached hydrogen (secondary N) is 1. The van der Waals surface area contributed by atoms with Crippen LogP contribution in [0.4, 0.5) is 0 Å². The fourth-order valence-corrected chi connectivity index (χ4v) is 4.12. The van der Waals surface area contributed by atoms with Crippen LogP contribution in [0, 0.1) is 5.92 Å². The maximum Gasteiger partial charge on any atom is 0.240 e. The van der Waals surface area contributed by atoms with Crippen molar-refractivity contribution in [3.05, 3.63) is 0 Å². The number of carbonyl (C=O) groups is 1. The summed E-state index contributed by atoms with van der Waals surface area (Å²) in [6.07, 6.45) is 3.13. The maximum atomic E-state index is 12.6. The Morgan fingerprint density at radius 1 is 1.38 bits per heavy atom. The zero-order chi connectivity index (χ0) is 15.5. The number of likely N-dealkylation sites (tertiary alicyclic amines) is 1. The Balaban J connectivity index is 1.99. The van der Waals surface area contributed by atoms with E-state index in [1.165, 1.54) is 7.05 Å². The van der Waals surface area contributed by atoms with Gasteiger partial charge in [0.15, 0.2) is 0 Å². The molecule has 2 aliphatic heterocycles. The van der Waals surface area contributed by atoms with Crippen LogP contribution in [0.25, 0.3) is 0 Å². The molecule has 8 heteroatoms. The number of hydrogen-bond donors (Lipinski definition) is 2. The number of nitrogens with zero attached hydrogens (tertiary/aromatic N) is 1. The lowest BCUT2D eigenvalue weighted by Crippen LogP contribution is -2.52. The number of ether oxygens (including phenoxy) is 1. The highest BCUT2D eigenvalue weighted by Gasteiger charge is 2.37. The summed E-state index contributed by atoms with van der Waals surface area (Å²) in [4.78, 5) is 14.2. The van der Waals surface area contributed by atoms with Crippen LogP contribution in [0.1, 0.15) is 25.7 Å². The van der Waals surface area contributed by atoms with Crippen molar-refractivity contribution in [1.29, 1.82) is 0 Å². The quantitative estimate of drug-likeness (QED) is 0.696. The normalized spacial score (nSPS) is 26.0. The summed E-state index contributed by atoms with van der Waals surface area (Å²) in [5.74, 6) is -0.0282. The summed E-state index contributed by atoms with van der Waals surface area (Å²) in [5, 5.41) is 0. The third-order valence-electron chi connectivity index (χ3n) is 4.44. The van der Waals surface area contributed by atoms with E-state index in [-0.39, 0.29) is 23.6 Å². The van der Waals surface area contributed by atoms with Gasteiger partial charge in [0.25, 0.3) is 0 Å². The summed E-state index contributed by atoms with van der Waals surface area (Å²) in [6.45, 7) is 1.88. The Hall–Kier alpha value is -0.700. The van der Waals surface area contributed by atoms with E-state index in [0.29, 0.717) is 26.2 Å². The molecule has 0 bridgehead atoms. The van der Waals surface area contributed by atoms with E-state index in [2.05, 4.69) is 4.72 Å². The van der Waals surface area contributed by atoms with Crippen LogP contribution >= 0.6 is 0 Å². The largest absolute Gasteiger partial charge is 0.381 e. The summed E-state index contributed by atoms with van der Waals surface area (Å²) in [5.41, 5.74) is 6.12. The van der Waals surface area contributed by atoms with Crippen molar-refractivity contribution in [2.45, 2.75) is 37.8 Å². The predicted molar refractivity (Wildman–Crippen MR) is 79.1 cm³/mol. The highest BCUT2D eigenvalue weighted by molar-refractivity contribution is 7.89. The molecule has 0 aromatic heterocycles. The first-order chi connectivity index (χ1) is 9.94. The SMILES string of the molecule is CNS(=O)(=O)CC1CCCN1C(=O)C(N)C1CCOCC1. The molecule has 0 radical (unpaired) electrons. The van der Waals surface area contributed by atoms with Crippen LogP contribution in [0.3, 0.4) is 0 Å². The topological polar surface area (TPSA) is 102 Å². The van der Waals surface area contributed by atoms with Crippen molar-refractivity contribution in [2.75, 3.05) is 32.6 Å². The molecule has 2 unspecified atom stereocenters. The highest BCUT2D eigenvalue weighted by atomic mass is 32.2. The van der Waals surface area contributed by atoms with Gasteiger partial charge in [0.2, 0.25) is 15.9 Å². The Labute approximate surface area is 126 Å². The molecule has 2 heterocycles. The fourth-order valence-electron chi connectivity index (χ4n) is 3.10. The van der Waals surface area contributed by atoms with Crippen molar-refractivity contribution >= 4 is 15.9 Å². The first-order valence-electron chi connectivity index (χ1n) is 7.49. The van der Waals surface area contributed by atoms with Crippen LogP contribution in [0.5, 0.6) is 0 Å². The Bertz CT molecular complexity index is 462. The first kappa shape index (κ1) is 16.7. The van der Waals surface area contributed by atoms with E-state index in [9.17, 15) is 13.2 Å². The van der Waals surface area contributed by atoms with Crippen LogP contribution < -0.4 is 10.5 Å². The van der Waals surface area contributed by atoms with Gasteiger partial charge in [-0.1, -0.05) is 0 Å². The second-order valence-electron chi connectivity index (χ2n) is 5.79. The maximum absolute atomic E-state index is 12.6. The molecule has 7 nitrogen and oxygen atoms in total. The fraction of sp³-hybridized carbons (Fsp3) is 0.923. The van der Waals surface area contributed by atoms with Gasteiger partial charge in [-0.15, -0.1) is 0 Å². The molecular weight excluding hydrogens is 294 g/mol. The van der Waals surface area contributed by atoms with Crippen LogP contribution in [0.2, 0.25) is 0 Å². The molecule has 21 heavy (non-hydrogen) atoms. The summed E-state index contributed by atoms with van der Waals surface area (Å²) < 4.78 is 31.0. The van der Waals surface area contributed by atoms with Crippen LogP contribution in [-0.2, 0) is 19.6 Å². The second-order valence-corrected chi connectivity index (χ2v) is 7.76. The zero-order valence-electron chi connectivity index (χ0n) is 12.5. The van der Waals surface area contributed by atoms with Gasteiger partial charge in [0, 0.05) is 25.8 Å². The number of nitrogens with two attached hydrogens (primary N) is 1. The molecule has 1 amide bonds. The Kier molecular flexibility index (Phi) is 5.59. The standard InChI is InChI=1S/C13H25N3O4S/c1-15-21(18,19)9-11-3-2-6-16(11)13(17)12(14)10-4-7-20-8-5-10/h10-12,15H,2-9,14H2,1H3. The molecular formula is C13H25N3O4S. The minimum atomic E-state index is -3.32. The monoisotopic (exact) mass is 319 g/mol. The molecule has 2 fully saturated rings. The summed E-state index contributed by atoms with van der Waals surface area (Å²) >= 11 is 0. The van der Waals surface area contributed by atoms with Crippen molar-refractivity contribution in [3.63, 3.8) is 0 Å². The molecule has 3 N–H and O–H groups in total. The molecule has 2 rings (SSSR count). The van der Waals surface area contributed by atoms with Gasteiger partial charge >= 0.3 is 0 Å². The Morgan fingerprint density at radius 2 is 2.05 bits per heavy atom. The minimum absolute atomic E-state index is 0.0459. The number of carbonyl (C=O) groups excluding carboxylic acids is 1. The second kappa shape index (κ2) is 7.04. The number of amides is 1. The van der Waals surface area contributed by atoms with Gasteiger partial charge in [-0.25, -0.2) is 13.1 Å². The van der Waals surface area contributed by atoms with E-state index in [1.54, 1.807) is 4.90 Å². The third kappa shape index (κ3) is 4.15. The molecule has 0 aliphatic carbocycles. The van der Waals surface area contributed by atoms with Gasteiger partial charge in [-0.05, 0) is 38.6 Å². The van der Waals surface area contributed by atoms with Gasteiger partial charge < -0.3 is 15.4 Å². The molecule has 0 aromatic rings. The highest BCUT2D eigenvalue weighted by Crippen LogP contribution is 2.24. The number of rotatable bonds is 5. The van der Waals surface area contributed by atoms with E-state index < -0.39 is 16.1 Å². The van der Waals surface area contributed by atoms with Crippen molar-refractivity contribution < 1.29 is 17.9 Å². The van der Waals surface area contributed by atoms with Gasteiger partial charge in [0.1, 0.15) is 0 Å².